The van der Waals surface area contributed by atoms with Gasteiger partial charge in [-0.15, -0.1) is 22.9 Å². The summed E-state index contributed by atoms with van der Waals surface area (Å²) in [6.45, 7) is 2.63. The summed E-state index contributed by atoms with van der Waals surface area (Å²) in [4.78, 5) is 0. The molecule has 1 heterocycles. The fourth-order valence-corrected chi connectivity index (χ4v) is 3.92. The van der Waals surface area contributed by atoms with Crippen LogP contribution >= 0.6 is 54.8 Å². The van der Waals surface area contributed by atoms with E-state index in [1.807, 2.05) is 31.2 Å². The Balaban J connectivity index is 2.28. The van der Waals surface area contributed by atoms with E-state index in [1.165, 1.54) is 0 Å². The van der Waals surface area contributed by atoms with Gasteiger partial charge in [0.05, 0.1) is 15.8 Å². The number of alkyl halides is 1. The Morgan fingerprint density at radius 2 is 2.11 bits per heavy atom. The molecule has 0 spiro atoms. The molecule has 2 aromatic rings. The van der Waals surface area contributed by atoms with E-state index >= 15 is 0 Å². The molecule has 1 unspecified atom stereocenters. The highest BCUT2D eigenvalue weighted by Crippen LogP contribution is 2.38. The molecule has 0 amide bonds. The molecule has 0 saturated carbocycles. The largest absolute Gasteiger partial charge is 0.494 e. The minimum Gasteiger partial charge on any atom is -0.494 e. The highest BCUT2D eigenvalue weighted by atomic mass is 79.9. The Labute approximate surface area is 132 Å². The highest BCUT2D eigenvalue weighted by molar-refractivity contribution is 9.11. The van der Waals surface area contributed by atoms with Crippen molar-refractivity contribution in [2.75, 3.05) is 6.61 Å². The molecule has 1 nitrogen and oxygen atoms in total. The van der Waals surface area contributed by atoms with Crippen LogP contribution in [-0.2, 0) is 0 Å². The lowest BCUT2D eigenvalue weighted by molar-refractivity contribution is 0.340. The minimum absolute atomic E-state index is 0.155. The van der Waals surface area contributed by atoms with Gasteiger partial charge >= 0.3 is 0 Å². The number of ether oxygens (including phenoxy) is 1. The van der Waals surface area contributed by atoms with Crippen LogP contribution in [0.5, 0.6) is 5.75 Å². The summed E-state index contributed by atoms with van der Waals surface area (Å²) < 4.78 is 7.51. The van der Waals surface area contributed by atoms with E-state index < -0.39 is 0 Å². The highest BCUT2D eigenvalue weighted by Gasteiger charge is 2.15. The Kier molecular flexibility index (Phi) is 5.13. The van der Waals surface area contributed by atoms with Crippen LogP contribution in [0, 0.1) is 0 Å². The van der Waals surface area contributed by atoms with Gasteiger partial charge in [0.15, 0.2) is 0 Å². The molecule has 0 N–H and O–H groups in total. The molecule has 0 bridgehead atoms. The van der Waals surface area contributed by atoms with Gasteiger partial charge in [0, 0.05) is 4.47 Å². The summed E-state index contributed by atoms with van der Waals surface area (Å²) in [5, 5.41) is 1.91. The van der Waals surface area contributed by atoms with Crippen LogP contribution in [-0.4, -0.2) is 6.61 Å². The van der Waals surface area contributed by atoms with E-state index in [2.05, 4.69) is 37.2 Å². The maximum Gasteiger partial charge on any atom is 0.120 e. The second kappa shape index (κ2) is 6.42. The second-order valence-electron chi connectivity index (χ2n) is 3.66. The zero-order valence-electron chi connectivity index (χ0n) is 9.62. The molecule has 96 valence electrons. The molecule has 1 aromatic heterocycles. The predicted octanol–water partition coefficient (Wildman–Crippen LogP) is 6.00. The Bertz CT molecular complexity index is 542. The SMILES string of the molecule is CCOc1ccc(C(Cl)c2csc(Br)c2)c(Br)c1. The first-order valence-corrected chi connectivity index (χ1v) is 8.32. The van der Waals surface area contributed by atoms with Crippen molar-refractivity contribution in [2.45, 2.75) is 12.3 Å². The van der Waals surface area contributed by atoms with Crippen molar-refractivity contribution >= 4 is 54.8 Å². The third kappa shape index (κ3) is 3.29. The Morgan fingerprint density at radius 3 is 2.67 bits per heavy atom. The maximum atomic E-state index is 6.49. The van der Waals surface area contributed by atoms with Crippen LogP contribution < -0.4 is 4.74 Å². The standard InChI is InChI=1S/C13H11Br2ClOS/c1-2-17-9-3-4-10(11(14)6-9)13(16)8-5-12(15)18-7-8/h3-7,13H,2H2,1H3. The van der Waals surface area contributed by atoms with Crippen LogP contribution in [0.1, 0.15) is 23.4 Å². The molecule has 0 fully saturated rings. The lowest BCUT2D eigenvalue weighted by atomic mass is 10.1. The van der Waals surface area contributed by atoms with Gasteiger partial charge in [-0.1, -0.05) is 22.0 Å². The molecule has 0 aliphatic heterocycles. The van der Waals surface area contributed by atoms with E-state index in [0.717, 1.165) is 25.1 Å². The topological polar surface area (TPSA) is 9.23 Å². The summed E-state index contributed by atoms with van der Waals surface area (Å²) >= 11 is 15.1. The monoisotopic (exact) mass is 408 g/mol. The third-order valence-corrected chi connectivity index (χ3v) is 5.13. The van der Waals surface area contributed by atoms with Crippen LogP contribution in [0.25, 0.3) is 0 Å². The van der Waals surface area contributed by atoms with E-state index in [1.54, 1.807) is 11.3 Å². The predicted molar refractivity (Wildman–Crippen MR) is 85.0 cm³/mol. The molecular formula is C13H11Br2ClOS. The summed E-state index contributed by atoms with van der Waals surface area (Å²) in [6, 6.07) is 7.94. The Hall–Kier alpha value is -0.0300. The summed E-state index contributed by atoms with van der Waals surface area (Å²) in [5.41, 5.74) is 2.14. The summed E-state index contributed by atoms with van der Waals surface area (Å²) in [7, 11) is 0. The quantitative estimate of drug-likeness (QED) is 0.562. The van der Waals surface area contributed by atoms with Crippen LogP contribution in [0.3, 0.4) is 0 Å². The van der Waals surface area contributed by atoms with Crippen molar-refractivity contribution in [3.8, 4) is 5.75 Å². The molecular weight excluding hydrogens is 399 g/mol. The van der Waals surface area contributed by atoms with Gasteiger partial charge in [-0.3, -0.25) is 0 Å². The van der Waals surface area contributed by atoms with Gasteiger partial charge in [0.25, 0.3) is 0 Å². The van der Waals surface area contributed by atoms with Crippen LogP contribution in [0.4, 0.5) is 0 Å². The van der Waals surface area contributed by atoms with Crippen molar-refractivity contribution in [3.63, 3.8) is 0 Å². The summed E-state index contributed by atoms with van der Waals surface area (Å²) in [6.07, 6.45) is 0. The number of halogens is 3. The number of hydrogen-bond donors (Lipinski definition) is 0. The molecule has 18 heavy (non-hydrogen) atoms. The zero-order chi connectivity index (χ0) is 13.1. The van der Waals surface area contributed by atoms with Crippen molar-refractivity contribution in [3.05, 3.63) is 49.0 Å². The maximum absolute atomic E-state index is 6.49. The smallest absolute Gasteiger partial charge is 0.120 e. The van der Waals surface area contributed by atoms with E-state index in [-0.39, 0.29) is 5.38 Å². The fraction of sp³-hybridized carbons (Fsp3) is 0.231. The molecule has 2 rings (SSSR count). The van der Waals surface area contributed by atoms with Gasteiger partial charge in [0.1, 0.15) is 5.75 Å². The first-order valence-electron chi connectivity index (χ1n) is 5.42. The molecule has 5 heteroatoms. The van der Waals surface area contributed by atoms with Gasteiger partial charge in [0.2, 0.25) is 0 Å². The molecule has 0 aliphatic carbocycles. The lowest BCUT2D eigenvalue weighted by Crippen LogP contribution is -1.95. The number of benzene rings is 1. The van der Waals surface area contributed by atoms with Crippen molar-refractivity contribution in [2.24, 2.45) is 0 Å². The zero-order valence-corrected chi connectivity index (χ0v) is 14.4. The van der Waals surface area contributed by atoms with Gasteiger partial charge in [-0.25, -0.2) is 0 Å². The molecule has 1 atom stereocenters. The average Bonchev–Trinajstić information content (AvgIpc) is 2.76. The summed E-state index contributed by atoms with van der Waals surface area (Å²) in [5.74, 6) is 0.850. The second-order valence-corrected chi connectivity index (χ2v) is 7.24. The Morgan fingerprint density at radius 1 is 1.33 bits per heavy atom. The van der Waals surface area contributed by atoms with Crippen molar-refractivity contribution in [1.82, 2.24) is 0 Å². The lowest BCUT2D eigenvalue weighted by Gasteiger charge is -2.12. The van der Waals surface area contributed by atoms with E-state index in [9.17, 15) is 0 Å². The van der Waals surface area contributed by atoms with Crippen LogP contribution in [0.2, 0.25) is 0 Å². The fourth-order valence-electron chi connectivity index (χ4n) is 1.61. The normalized spacial score (nSPS) is 12.4. The molecule has 0 aliphatic rings. The van der Waals surface area contributed by atoms with E-state index in [4.69, 9.17) is 16.3 Å². The van der Waals surface area contributed by atoms with Crippen molar-refractivity contribution < 1.29 is 4.74 Å². The van der Waals surface area contributed by atoms with Gasteiger partial charge in [-0.05, 0) is 57.6 Å². The first kappa shape index (κ1) is 14.4. The first-order chi connectivity index (χ1) is 8.61. The van der Waals surface area contributed by atoms with Gasteiger partial charge < -0.3 is 4.74 Å². The van der Waals surface area contributed by atoms with Gasteiger partial charge in [-0.2, -0.15) is 0 Å². The van der Waals surface area contributed by atoms with Crippen molar-refractivity contribution in [1.29, 1.82) is 0 Å². The number of hydrogen-bond acceptors (Lipinski definition) is 2. The average molecular weight is 411 g/mol. The molecule has 1 aromatic carbocycles. The number of thiophene rings is 1. The van der Waals surface area contributed by atoms with E-state index in [0.29, 0.717) is 6.61 Å². The molecule has 0 radical (unpaired) electrons. The van der Waals surface area contributed by atoms with Crippen LogP contribution in [0.15, 0.2) is 37.9 Å². The number of rotatable bonds is 4. The molecule has 0 saturated heterocycles. The minimum atomic E-state index is -0.155. The third-order valence-electron chi connectivity index (χ3n) is 2.44.